The number of unbranched alkanes of at least 4 members (excludes halogenated alkanes) is 2. The zero-order valence-electron chi connectivity index (χ0n) is 15.4. The molecule has 1 rings (SSSR count). The van der Waals surface area contributed by atoms with E-state index in [1.54, 1.807) is 0 Å². The molecule has 2 amide bonds. The highest BCUT2D eigenvalue weighted by atomic mass is 16.2. The van der Waals surface area contributed by atoms with Crippen LogP contribution in [0, 0.1) is 11.8 Å². The third kappa shape index (κ3) is 6.92. The summed E-state index contributed by atoms with van der Waals surface area (Å²) in [6, 6.07) is 0. The van der Waals surface area contributed by atoms with Gasteiger partial charge in [-0.15, -0.1) is 0 Å². The summed E-state index contributed by atoms with van der Waals surface area (Å²) in [4.78, 5) is 26.8. The zero-order valence-corrected chi connectivity index (χ0v) is 15.4. The van der Waals surface area contributed by atoms with E-state index in [0.29, 0.717) is 5.91 Å². The minimum Gasteiger partial charge on any atom is -0.356 e. The summed E-state index contributed by atoms with van der Waals surface area (Å²) in [5.74, 6) is 0.769. The first kappa shape index (κ1) is 20.0. The fraction of sp³-hybridized carbons (Fsp3) is 0.895. The van der Waals surface area contributed by atoms with Crippen LogP contribution >= 0.6 is 0 Å². The third-order valence-corrected chi connectivity index (χ3v) is 4.83. The zero-order chi connectivity index (χ0) is 17.1. The maximum absolute atomic E-state index is 12.6. The van der Waals surface area contributed by atoms with Gasteiger partial charge in [0.05, 0.1) is 0 Å². The van der Waals surface area contributed by atoms with Gasteiger partial charge < -0.3 is 10.2 Å². The van der Waals surface area contributed by atoms with Crippen LogP contribution in [0.4, 0.5) is 0 Å². The van der Waals surface area contributed by atoms with E-state index < -0.39 is 0 Å². The first-order valence-corrected chi connectivity index (χ1v) is 9.70. The number of nitrogens with one attached hydrogen (secondary N) is 1. The Bertz CT molecular complexity index is 343. The Kier molecular flexibility index (Phi) is 9.97. The van der Waals surface area contributed by atoms with E-state index in [4.69, 9.17) is 0 Å². The summed E-state index contributed by atoms with van der Waals surface area (Å²) < 4.78 is 0. The molecule has 1 aliphatic carbocycles. The van der Waals surface area contributed by atoms with Crippen LogP contribution in [-0.2, 0) is 9.59 Å². The summed E-state index contributed by atoms with van der Waals surface area (Å²) in [6.45, 7) is 8.94. The minimum absolute atomic E-state index is 0.117. The van der Waals surface area contributed by atoms with Crippen molar-refractivity contribution in [3.8, 4) is 0 Å². The number of carbonyl (C=O) groups is 2. The van der Waals surface area contributed by atoms with E-state index in [1.165, 1.54) is 12.8 Å². The van der Waals surface area contributed by atoms with E-state index in [0.717, 1.165) is 64.6 Å². The van der Waals surface area contributed by atoms with Crippen LogP contribution in [0.5, 0.6) is 0 Å². The molecule has 0 bridgehead atoms. The van der Waals surface area contributed by atoms with Crippen molar-refractivity contribution in [2.45, 2.75) is 78.6 Å². The number of hydrogen-bond donors (Lipinski definition) is 1. The Morgan fingerprint density at radius 3 is 1.96 bits per heavy atom. The van der Waals surface area contributed by atoms with Crippen molar-refractivity contribution in [1.82, 2.24) is 10.2 Å². The lowest BCUT2D eigenvalue weighted by Crippen LogP contribution is -2.40. The maximum atomic E-state index is 12.6. The molecule has 0 aromatic heterocycles. The molecule has 134 valence electrons. The van der Waals surface area contributed by atoms with Gasteiger partial charge in [0.25, 0.3) is 0 Å². The van der Waals surface area contributed by atoms with Gasteiger partial charge >= 0.3 is 0 Å². The third-order valence-electron chi connectivity index (χ3n) is 4.83. The first-order chi connectivity index (χ1) is 11.1. The quantitative estimate of drug-likeness (QED) is 0.622. The van der Waals surface area contributed by atoms with Crippen LogP contribution in [0.25, 0.3) is 0 Å². The van der Waals surface area contributed by atoms with E-state index in [1.807, 2.05) is 4.90 Å². The standard InChI is InChI=1S/C19H36N2O2/c1-4-7-8-13-20-18(22)16-9-11-17(12-10-16)19(23)21(14-5-2)15-6-3/h16-17H,4-15H2,1-3H3,(H,20,22). The number of amides is 2. The van der Waals surface area contributed by atoms with Gasteiger partial charge in [0.15, 0.2) is 0 Å². The van der Waals surface area contributed by atoms with Crippen molar-refractivity contribution < 1.29 is 9.59 Å². The summed E-state index contributed by atoms with van der Waals surface area (Å²) in [5, 5.41) is 3.06. The molecular formula is C19H36N2O2. The predicted molar refractivity (Wildman–Crippen MR) is 95.1 cm³/mol. The monoisotopic (exact) mass is 324 g/mol. The van der Waals surface area contributed by atoms with Gasteiger partial charge in [0, 0.05) is 31.5 Å². The van der Waals surface area contributed by atoms with Crippen LogP contribution in [0.15, 0.2) is 0 Å². The van der Waals surface area contributed by atoms with Crippen molar-refractivity contribution in [2.75, 3.05) is 19.6 Å². The fourth-order valence-electron chi connectivity index (χ4n) is 3.46. The number of nitrogens with zero attached hydrogens (tertiary/aromatic N) is 1. The van der Waals surface area contributed by atoms with Gasteiger partial charge in [-0.05, 0) is 44.9 Å². The molecule has 1 N–H and O–H groups in total. The second-order valence-electron chi connectivity index (χ2n) is 6.87. The number of rotatable bonds is 10. The summed E-state index contributed by atoms with van der Waals surface area (Å²) in [7, 11) is 0. The van der Waals surface area contributed by atoms with E-state index >= 15 is 0 Å². The highest BCUT2D eigenvalue weighted by Crippen LogP contribution is 2.30. The molecule has 4 nitrogen and oxygen atoms in total. The highest BCUT2D eigenvalue weighted by Gasteiger charge is 2.31. The topological polar surface area (TPSA) is 49.4 Å². The lowest BCUT2D eigenvalue weighted by atomic mass is 9.81. The molecule has 0 spiro atoms. The lowest BCUT2D eigenvalue weighted by Gasteiger charge is -2.31. The van der Waals surface area contributed by atoms with Crippen LogP contribution in [0.1, 0.15) is 78.6 Å². The van der Waals surface area contributed by atoms with Crippen LogP contribution in [0.2, 0.25) is 0 Å². The van der Waals surface area contributed by atoms with Crippen molar-refractivity contribution in [1.29, 1.82) is 0 Å². The molecule has 4 heteroatoms. The average molecular weight is 325 g/mol. The SMILES string of the molecule is CCCCCNC(=O)C1CCC(C(=O)N(CCC)CCC)CC1. The normalized spacial score (nSPS) is 21.0. The largest absolute Gasteiger partial charge is 0.356 e. The molecule has 1 aliphatic rings. The molecule has 0 aromatic rings. The van der Waals surface area contributed by atoms with Gasteiger partial charge in [0.1, 0.15) is 0 Å². The van der Waals surface area contributed by atoms with Gasteiger partial charge in [0.2, 0.25) is 11.8 Å². The Hall–Kier alpha value is -1.06. The van der Waals surface area contributed by atoms with Gasteiger partial charge in [-0.25, -0.2) is 0 Å². The molecule has 1 saturated carbocycles. The first-order valence-electron chi connectivity index (χ1n) is 9.70. The second-order valence-corrected chi connectivity index (χ2v) is 6.87. The number of hydrogen-bond acceptors (Lipinski definition) is 2. The second kappa shape index (κ2) is 11.5. The molecular weight excluding hydrogens is 288 g/mol. The van der Waals surface area contributed by atoms with Crippen molar-refractivity contribution in [2.24, 2.45) is 11.8 Å². The molecule has 0 atom stereocenters. The molecule has 0 saturated heterocycles. The molecule has 0 aromatic carbocycles. The predicted octanol–water partition coefficient (Wildman–Crippen LogP) is 3.75. The van der Waals surface area contributed by atoms with Gasteiger partial charge in [-0.3, -0.25) is 9.59 Å². The maximum Gasteiger partial charge on any atom is 0.225 e. The van der Waals surface area contributed by atoms with Gasteiger partial charge in [-0.1, -0.05) is 33.6 Å². The Balaban J connectivity index is 2.36. The summed E-state index contributed by atoms with van der Waals surface area (Å²) in [5.41, 5.74) is 0. The van der Waals surface area contributed by atoms with E-state index in [9.17, 15) is 9.59 Å². The summed E-state index contributed by atoms with van der Waals surface area (Å²) >= 11 is 0. The Morgan fingerprint density at radius 1 is 0.870 bits per heavy atom. The molecule has 0 unspecified atom stereocenters. The molecule has 0 heterocycles. The smallest absolute Gasteiger partial charge is 0.225 e. The fourth-order valence-corrected chi connectivity index (χ4v) is 3.46. The highest BCUT2D eigenvalue weighted by molar-refractivity contribution is 5.81. The van der Waals surface area contributed by atoms with Crippen molar-refractivity contribution in [3.05, 3.63) is 0 Å². The lowest BCUT2D eigenvalue weighted by molar-refractivity contribution is -0.138. The van der Waals surface area contributed by atoms with Crippen molar-refractivity contribution >= 4 is 11.8 Å². The molecule has 0 aliphatic heterocycles. The Labute approximate surface area is 142 Å². The molecule has 0 radical (unpaired) electrons. The van der Waals surface area contributed by atoms with Crippen LogP contribution in [-0.4, -0.2) is 36.3 Å². The Morgan fingerprint density at radius 2 is 1.43 bits per heavy atom. The summed E-state index contributed by atoms with van der Waals surface area (Å²) in [6.07, 6.45) is 8.92. The average Bonchev–Trinajstić information content (AvgIpc) is 2.58. The molecule has 23 heavy (non-hydrogen) atoms. The van der Waals surface area contributed by atoms with Crippen LogP contribution < -0.4 is 5.32 Å². The van der Waals surface area contributed by atoms with E-state index in [-0.39, 0.29) is 17.7 Å². The van der Waals surface area contributed by atoms with E-state index in [2.05, 4.69) is 26.1 Å². The van der Waals surface area contributed by atoms with Crippen LogP contribution in [0.3, 0.4) is 0 Å². The minimum atomic E-state index is 0.117. The van der Waals surface area contributed by atoms with Gasteiger partial charge in [-0.2, -0.15) is 0 Å². The molecule has 1 fully saturated rings. The van der Waals surface area contributed by atoms with Crippen molar-refractivity contribution in [3.63, 3.8) is 0 Å². The number of carbonyl (C=O) groups excluding carboxylic acids is 2.